The summed E-state index contributed by atoms with van der Waals surface area (Å²) in [6, 6.07) is 6.92. The minimum absolute atomic E-state index is 0.106. The topological polar surface area (TPSA) is 78.5 Å². The van der Waals surface area contributed by atoms with Gasteiger partial charge in [0.05, 0.1) is 17.3 Å². The first-order valence-corrected chi connectivity index (χ1v) is 8.80. The fourth-order valence-corrected chi connectivity index (χ4v) is 3.47. The Balaban J connectivity index is 2.03. The Kier molecular flexibility index (Phi) is 6.42. The molecule has 1 aromatic carbocycles. The third kappa shape index (κ3) is 4.95. The van der Waals surface area contributed by atoms with Gasteiger partial charge in [-0.1, -0.05) is 43.0 Å². The Hall–Kier alpha value is -2.08. The maximum atomic E-state index is 12.9. The number of para-hydroxylation sites is 1. The molecule has 0 bridgehead atoms. The van der Waals surface area contributed by atoms with Crippen molar-refractivity contribution in [2.45, 2.75) is 44.6 Å². The average molecular weight is 366 g/mol. The normalized spacial score (nSPS) is 16.0. The van der Waals surface area contributed by atoms with E-state index in [9.17, 15) is 14.4 Å². The molecule has 0 heterocycles. The number of hydrogen-bond donors (Lipinski definition) is 2. The lowest BCUT2D eigenvalue weighted by atomic mass is 9.80. The van der Waals surface area contributed by atoms with Gasteiger partial charge in [0.15, 0.2) is 0 Å². The van der Waals surface area contributed by atoms with Gasteiger partial charge >= 0.3 is 0 Å². The van der Waals surface area contributed by atoms with E-state index in [4.69, 9.17) is 11.6 Å². The molecule has 0 spiro atoms. The first kappa shape index (κ1) is 19.2. The standard InChI is InChI=1S/C18H24ClN3O3/c1-13(23)21-18(10-6-3-7-11-18)17(25)22(2)12-16(24)20-15-9-5-4-8-14(15)19/h4-5,8-9H,3,6-7,10-12H2,1-2H3,(H,20,24)(H,21,23). The SMILES string of the molecule is CC(=O)NC1(C(=O)N(C)CC(=O)Nc2ccccc2Cl)CCCCC1. The van der Waals surface area contributed by atoms with Crippen LogP contribution in [-0.4, -0.2) is 41.8 Å². The molecule has 1 saturated carbocycles. The lowest BCUT2D eigenvalue weighted by molar-refractivity contribution is -0.143. The van der Waals surface area contributed by atoms with Crippen molar-refractivity contribution in [2.24, 2.45) is 0 Å². The molecule has 3 amide bonds. The van der Waals surface area contributed by atoms with Gasteiger partial charge in [-0.05, 0) is 25.0 Å². The van der Waals surface area contributed by atoms with E-state index >= 15 is 0 Å². The summed E-state index contributed by atoms with van der Waals surface area (Å²) in [6.07, 6.45) is 4.01. The van der Waals surface area contributed by atoms with Gasteiger partial charge in [0.1, 0.15) is 5.54 Å². The van der Waals surface area contributed by atoms with Crippen molar-refractivity contribution in [1.29, 1.82) is 0 Å². The zero-order valence-electron chi connectivity index (χ0n) is 14.6. The van der Waals surface area contributed by atoms with Crippen LogP contribution in [0.5, 0.6) is 0 Å². The van der Waals surface area contributed by atoms with Crippen molar-refractivity contribution in [2.75, 3.05) is 18.9 Å². The quantitative estimate of drug-likeness (QED) is 0.841. The van der Waals surface area contributed by atoms with Crippen molar-refractivity contribution in [1.82, 2.24) is 10.2 Å². The van der Waals surface area contributed by atoms with Gasteiger partial charge in [-0.2, -0.15) is 0 Å². The molecule has 1 aromatic rings. The van der Waals surface area contributed by atoms with Crippen molar-refractivity contribution >= 4 is 35.0 Å². The van der Waals surface area contributed by atoms with Crippen molar-refractivity contribution < 1.29 is 14.4 Å². The highest BCUT2D eigenvalue weighted by Crippen LogP contribution is 2.30. The van der Waals surface area contributed by atoms with Crippen LogP contribution in [0.25, 0.3) is 0 Å². The van der Waals surface area contributed by atoms with Crippen LogP contribution in [0, 0.1) is 0 Å². The number of anilines is 1. The van der Waals surface area contributed by atoms with E-state index in [0.29, 0.717) is 23.6 Å². The van der Waals surface area contributed by atoms with Crippen LogP contribution in [0.1, 0.15) is 39.0 Å². The Bertz CT molecular complexity index is 657. The third-order valence-electron chi connectivity index (χ3n) is 4.41. The first-order chi connectivity index (χ1) is 11.8. The Morgan fingerprint density at radius 2 is 1.80 bits per heavy atom. The molecule has 1 aliphatic rings. The summed E-state index contributed by atoms with van der Waals surface area (Å²) in [5.41, 5.74) is -0.395. The van der Waals surface area contributed by atoms with Crippen molar-refractivity contribution in [3.8, 4) is 0 Å². The number of carbonyl (C=O) groups excluding carboxylic acids is 3. The molecule has 6 nitrogen and oxygen atoms in total. The summed E-state index contributed by atoms with van der Waals surface area (Å²) in [7, 11) is 1.58. The summed E-state index contributed by atoms with van der Waals surface area (Å²) in [5, 5.41) is 5.96. The number of rotatable bonds is 5. The molecule has 0 atom stereocenters. The van der Waals surface area contributed by atoms with E-state index in [1.807, 2.05) is 0 Å². The Labute approximate surface area is 152 Å². The van der Waals surface area contributed by atoms with Crippen LogP contribution in [-0.2, 0) is 14.4 Å². The van der Waals surface area contributed by atoms with Gasteiger partial charge in [0, 0.05) is 14.0 Å². The summed E-state index contributed by atoms with van der Waals surface area (Å²) >= 11 is 6.03. The smallest absolute Gasteiger partial charge is 0.248 e. The molecule has 0 saturated heterocycles. The maximum absolute atomic E-state index is 12.9. The van der Waals surface area contributed by atoms with Gasteiger partial charge < -0.3 is 15.5 Å². The molecule has 1 fully saturated rings. The second-order valence-electron chi connectivity index (χ2n) is 6.51. The van der Waals surface area contributed by atoms with E-state index in [-0.39, 0.29) is 24.3 Å². The number of nitrogens with one attached hydrogen (secondary N) is 2. The van der Waals surface area contributed by atoms with Gasteiger partial charge in [-0.25, -0.2) is 0 Å². The molecule has 25 heavy (non-hydrogen) atoms. The number of nitrogens with zero attached hydrogens (tertiary/aromatic N) is 1. The molecule has 2 N–H and O–H groups in total. The van der Waals surface area contributed by atoms with E-state index in [2.05, 4.69) is 10.6 Å². The predicted octanol–water partition coefficient (Wildman–Crippen LogP) is 2.58. The minimum atomic E-state index is -0.899. The first-order valence-electron chi connectivity index (χ1n) is 8.43. The van der Waals surface area contributed by atoms with Gasteiger partial charge in [-0.15, -0.1) is 0 Å². The number of benzene rings is 1. The minimum Gasteiger partial charge on any atom is -0.342 e. The molecular weight excluding hydrogens is 342 g/mol. The highest BCUT2D eigenvalue weighted by Gasteiger charge is 2.42. The van der Waals surface area contributed by atoms with Crippen LogP contribution in [0.15, 0.2) is 24.3 Å². The molecule has 2 rings (SSSR count). The molecule has 7 heteroatoms. The predicted molar refractivity (Wildman–Crippen MR) is 97.4 cm³/mol. The number of carbonyl (C=O) groups is 3. The number of amides is 3. The summed E-state index contributed by atoms with van der Waals surface area (Å²) in [6.45, 7) is 1.30. The van der Waals surface area contributed by atoms with Crippen LogP contribution >= 0.6 is 11.6 Å². The van der Waals surface area contributed by atoms with E-state index in [0.717, 1.165) is 19.3 Å². The van der Waals surface area contributed by atoms with Crippen molar-refractivity contribution in [3.63, 3.8) is 0 Å². The molecule has 136 valence electrons. The summed E-state index contributed by atoms with van der Waals surface area (Å²) in [5.74, 6) is -0.793. The molecule has 0 unspecified atom stereocenters. The molecular formula is C18H24ClN3O3. The second-order valence-corrected chi connectivity index (χ2v) is 6.92. The maximum Gasteiger partial charge on any atom is 0.248 e. The summed E-state index contributed by atoms with van der Waals surface area (Å²) < 4.78 is 0. The third-order valence-corrected chi connectivity index (χ3v) is 4.74. The molecule has 0 aliphatic heterocycles. The van der Waals surface area contributed by atoms with Gasteiger partial charge in [0.2, 0.25) is 17.7 Å². The lowest BCUT2D eigenvalue weighted by Crippen LogP contribution is -2.60. The molecule has 0 radical (unpaired) electrons. The zero-order chi connectivity index (χ0) is 18.4. The molecule has 0 aromatic heterocycles. The van der Waals surface area contributed by atoms with Crippen molar-refractivity contribution in [3.05, 3.63) is 29.3 Å². The van der Waals surface area contributed by atoms with Crippen LogP contribution in [0.3, 0.4) is 0 Å². The highest BCUT2D eigenvalue weighted by molar-refractivity contribution is 6.33. The Morgan fingerprint density at radius 1 is 1.16 bits per heavy atom. The van der Waals surface area contributed by atoms with Gasteiger partial charge in [-0.3, -0.25) is 14.4 Å². The average Bonchev–Trinajstić information content (AvgIpc) is 2.56. The van der Waals surface area contributed by atoms with Crippen LogP contribution < -0.4 is 10.6 Å². The second kappa shape index (κ2) is 8.34. The summed E-state index contributed by atoms with van der Waals surface area (Å²) in [4.78, 5) is 38.1. The van der Waals surface area contributed by atoms with Crippen LogP contribution in [0.4, 0.5) is 5.69 Å². The fraction of sp³-hybridized carbons (Fsp3) is 0.500. The van der Waals surface area contributed by atoms with E-state index in [1.54, 1.807) is 31.3 Å². The van der Waals surface area contributed by atoms with Crippen LogP contribution in [0.2, 0.25) is 5.02 Å². The highest BCUT2D eigenvalue weighted by atomic mass is 35.5. The van der Waals surface area contributed by atoms with E-state index < -0.39 is 5.54 Å². The molecule has 1 aliphatic carbocycles. The zero-order valence-corrected chi connectivity index (χ0v) is 15.4. The number of likely N-dealkylation sites (N-methyl/N-ethyl adjacent to an activating group) is 1. The van der Waals surface area contributed by atoms with Gasteiger partial charge in [0.25, 0.3) is 0 Å². The number of hydrogen-bond acceptors (Lipinski definition) is 3. The fourth-order valence-electron chi connectivity index (χ4n) is 3.29. The monoisotopic (exact) mass is 365 g/mol. The van der Waals surface area contributed by atoms with E-state index in [1.165, 1.54) is 11.8 Å². The lowest BCUT2D eigenvalue weighted by Gasteiger charge is -2.38. The largest absolute Gasteiger partial charge is 0.342 e. The number of halogens is 1. The Morgan fingerprint density at radius 3 is 2.40 bits per heavy atom.